The van der Waals surface area contributed by atoms with Crippen molar-refractivity contribution in [3.8, 4) is 0 Å². The fourth-order valence-electron chi connectivity index (χ4n) is 1.75. The molecule has 0 aliphatic rings. The molecule has 0 atom stereocenters. The van der Waals surface area contributed by atoms with Crippen LogP contribution in [0.4, 0.5) is 5.13 Å². The van der Waals surface area contributed by atoms with Crippen molar-refractivity contribution in [2.75, 3.05) is 17.7 Å². The molecule has 0 unspecified atom stereocenters. The maximum atomic E-state index is 12.3. The Morgan fingerprint density at radius 3 is 2.67 bits per heavy atom. The molecule has 0 aliphatic carbocycles. The molecule has 112 valence electrons. The number of thioether (sulfide) groups is 1. The minimum Gasteiger partial charge on any atom is -0.291 e. The van der Waals surface area contributed by atoms with Gasteiger partial charge in [-0.15, -0.1) is 23.1 Å². The Hall–Kier alpha value is -0.850. The summed E-state index contributed by atoms with van der Waals surface area (Å²) in [7, 11) is 1.78. The van der Waals surface area contributed by atoms with E-state index >= 15 is 0 Å². The molecule has 0 N–H and O–H groups in total. The third-order valence-corrected chi connectivity index (χ3v) is 6.11. The lowest BCUT2D eigenvalue weighted by Gasteiger charge is -2.14. The lowest BCUT2D eigenvalue weighted by molar-refractivity contribution is -0.115. The van der Waals surface area contributed by atoms with Gasteiger partial charge in [0.25, 0.3) is 0 Å². The third-order valence-electron chi connectivity index (χ3n) is 3.08. The van der Waals surface area contributed by atoms with Crippen LogP contribution in [0.5, 0.6) is 0 Å². The summed E-state index contributed by atoms with van der Waals surface area (Å²) in [6.07, 6.45) is 0. The van der Waals surface area contributed by atoms with Gasteiger partial charge in [-0.05, 0) is 44.0 Å². The molecular weight excluding hydrogens is 368 g/mol. The first-order chi connectivity index (χ1) is 9.88. The Kier molecular flexibility index (Phi) is 5.46. The number of thiazole rings is 1. The molecule has 0 saturated heterocycles. The van der Waals surface area contributed by atoms with Crippen molar-refractivity contribution < 1.29 is 4.79 Å². The van der Waals surface area contributed by atoms with Crippen LogP contribution >= 0.6 is 39.0 Å². The zero-order valence-electron chi connectivity index (χ0n) is 12.4. The van der Waals surface area contributed by atoms with E-state index in [2.05, 4.69) is 46.9 Å². The van der Waals surface area contributed by atoms with E-state index in [1.54, 1.807) is 23.7 Å². The van der Waals surface area contributed by atoms with Gasteiger partial charge in [0, 0.05) is 21.8 Å². The Morgan fingerprint density at radius 1 is 1.33 bits per heavy atom. The number of carbonyl (C=O) groups excluding carboxylic acids is 1. The monoisotopic (exact) mass is 384 g/mol. The molecule has 0 bridgehead atoms. The predicted octanol–water partition coefficient (Wildman–Crippen LogP) is 4.59. The van der Waals surface area contributed by atoms with Crippen LogP contribution in [-0.4, -0.2) is 23.7 Å². The van der Waals surface area contributed by atoms with E-state index in [9.17, 15) is 4.79 Å². The SMILES string of the molecule is Cc1csc(N(C)C(=O)CSc2cc(C)c(Br)cc2C)n1. The number of anilines is 1. The predicted molar refractivity (Wildman–Crippen MR) is 94.6 cm³/mol. The first-order valence-corrected chi connectivity index (χ1v) is 9.12. The highest BCUT2D eigenvalue weighted by Crippen LogP contribution is 2.29. The van der Waals surface area contributed by atoms with Crippen LogP contribution in [0.2, 0.25) is 0 Å². The van der Waals surface area contributed by atoms with E-state index in [0.29, 0.717) is 5.75 Å². The minimum absolute atomic E-state index is 0.0642. The molecule has 21 heavy (non-hydrogen) atoms. The van der Waals surface area contributed by atoms with Crippen LogP contribution < -0.4 is 4.90 Å². The Labute approximate surface area is 141 Å². The number of amides is 1. The van der Waals surface area contributed by atoms with Gasteiger partial charge in [-0.2, -0.15) is 0 Å². The van der Waals surface area contributed by atoms with E-state index in [-0.39, 0.29) is 5.91 Å². The second kappa shape index (κ2) is 6.94. The lowest BCUT2D eigenvalue weighted by Crippen LogP contribution is -2.27. The van der Waals surface area contributed by atoms with Gasteiger partial charge < -0.3 is 0 Å². The van der Waals surface area contributed by atoms with Crippen molar-refractivity contribution in [2.24, 2.45) is 0 Å². The van der Waals surface area contributed by atoms with E-state index < -0.39 is 0 Å². The van der Waals surface area contributed by atoms with Gasteiger partial charge >= 0.3 is 0 Å². The summed E-state index contributed by atoms with van der Waals surface area (Å²) >= 11 is 6.59. The summed E-state index contributed by atoms with van der Waals surface area (Å²) in [6, 6.07) is 4.21. The maximum Gasteiger partial charge on any atom is 0.238 e. The fourth-order valence-corrected chi connectivity index (χ4v) is 4.01. The molecule has 1 aromatic heterocycles. The Morgan fingerprint density at radius 2 is 2.05 bits per heavy atom. The normalized spacial score (nSPS) is 10.7. The van der Waals surface area contributed by atoms with E-state index in [4.69, 9.17) is 0 Å². The molecule has 2 aromatic rings. The van der Waals surface area contributed by atoms with Gasteiger partial charge in [0.15, 0.2) is 5.13 Å². The molecule has 1 aromatic carbocycles. The first-order valence-electron chi connectivity index (χ1n) is 6.46. The molecular formula is C15H17BrN2OS2. The van der Waals surface area contributed by atoms with Crippen molar-refractivity contribution in [3.05, 3.63) is 38.8 Å². The molecule has 0 aliphatic heterocycles. The molecule has 3 nitrogen and oxygen atoms in total. The Bertz CT molecular complexity index is 670. The molecule has 0 spiro atoms. The largest absolute Gasteiger partial charge is 0.291 e. The summed E-state index contributed by atoms with van der Waals surface area (Å²) in [5, 5.41) is 2.70. The summed E-state index contributed by atoms with van der Waals surface area (Å²) in [5.74, 6) is 0.478. The van der Waals surface area contributed by atoms with Crippen LogP contribution in [0.25, 0.3) is 0 Å². The van der Waals surface area contributed by atoms with Gasteiger partial charge in [-0.3, -0.25) is 9.69 Å². The fraction of sp³-hybridized carbons (Fsp3) is 0.333. The molecule has 2 rings (SSSR count). The number of hydrogen-bond acceptors (Lipinski definition) is 4. The zero-order chi connectivity index (χ0) is 15.6. The van der Waals surface area contributed by atoms with Gasteiger partial charge in [0.2, 0.25) is 5.91 Å². The van der Waals surface area contributed by atoms with Crippen LogP contribution in [0.3, 0.4) is 0 Å². The van der Waals surface area contributed by atoms with Crippen molar-refractivity contribution >= 4 is 50.1 Å². The van der Waals surface area contributed by atoms with E-state index in [1.807, 2.05) is 12.3 Å². The second-order valence-corrected chi connectivity index (χ2v) is 7.59. The topological polar surface area (TPSA) is 33.2 Å². The number of aromatic nitrogens is 1. The van der Waals surface area contributed by atoms with Crippen molar-refractivity contribution in [1.29, 1.82) is 0 Å². The molecule has 0 fully saturated rings. The van der Waals surface area contributed by atoms with Crippen molar-refractivity contribution in [1.82, 2.24) is 4.98 Å². The quantitative estimate of drug-likeness (QED) is 0.722. The summed E-state index contributed by atoms with van der Waals surface area (Å²) in [5.41, 5.74) is 3.30. The number of hydrogen-bond donors (Lipinski definition) is 0. The lowest BCUT2D eigenvalue weighted by atomic mass is 10.2. The molecule has 6 heteroatoms. The Balaban J connectivity index is 2.03. The zero-order valence-corrected chi connectivity index (χ0v) is 15.7. The van der Waals surface area contributed by atoms with Crippen LogP contribution in [0.1, 0.15) is 16.8 Å². The highest BCUT2D eigenvalue weighted by molar-refractivity contribution is 9.10. The maximum absolute atomic E-state index is 12.3. The van der Waals surface area contributed by atoms with Crippen LogP contribution in [0.15, 0.2) is 26.9 Å². The second-order valence-electron chi connectivity index (χ2n) is 4.88. The van der Waals surface area contributed by atoms with Gasteiger partial charge in [-0.25, -0.2) is 4.98 Å². The van der Waals surface area contributed by atoms with Crippen LogP contribution in [-0.2, 0) is 4.79 Å². The average Bonchev–Trinajstić information content (AvgIpc) is 2.86. The van der Waals surface area contributed by atoms with E-state index in [1.165, 1.54) is 22.5 Å². The average molecular weight is 385 g/mol. The van der Waals surface area contributed by atoms with Gasteiger partial charge in [-0.1, -0.05) is 15.9 Å². The van der Waals surface area contributed by atoms with Crippen molar-refractivity contribution in [3.63, 3.8) is 0 Å². The third kappa shape index (κ3) is 4.08. The highest BCUT2D eigenvalue weighted by atomic mass is 79.9. The molecule has 0 saturated carbocycles. The standard InChI is InChI=1S/C15H17BrN2OS2/c1-9-6-13(10(2)5-12(9)16)20-8-14(19)18(4)15-17-11(3)7-21-15/h5-7H,8H2,1-4H3. The minimum atomic E-state index is 0.0642. The summed E-state index contributed by atoms with van der Waals surface area (Å²) in [6.45, 7) is 6.05. The molecule has 0 radical (unpaired) electrons. The number of halogens is 1. The number of nitrogens with zero attached hydrogens (tertiary/aromatic N) is 2. The number of rotatable bonds is 4. The number of aryl methyl sites for hydroxylation is 3. The smallest absolute Gasteiger partial charge is 0.238 e. The summed E-state index contributed by atoms with van der Waals surface area (Å²) < 4.78 is 1.10. The number of benzene rings is 1. The van der Waals surface area contributed by atoms with Gasteiger partial charge in [0.1, 0.15) is 0 Å². The first kappa shape index (κ1) is 16.5. The molecule has 1 heterocycles. The van der Waals surface area contributed by atoms with Crippen LogP contribution in [0, 0.1) is 20.8 Å². The van der Waals surface area contributed by atoms with Gasteiger partial charge in [0.05, 0.1) is 11.4 Å². The number of carbonyl (C=O) groups is 1. The van der Waals surface area contributed by atoms with Crippen molar-refractivity contribution in [2.45, 2.75) is 25.7 Å². The van der Waals surface area contributed by atoms with E-state index in [0.717, 1.165) is 20.2 Å². The molecule has 1 amide bonds. The summed E-state index contributed by atoms with van der Waals surface area (Å²) in [4.78, 5) is 19.4. The highest BCUT2D eigenvalue weighted by Gasteiger charge is 2.15.